The van der Waals surface area contributed by atoms with Gasteiger partial charge in [0.15, 0.2) is 0 Å². The van der Waals surface area contributed by atoms with Crippen LogP contribution in [-0.2, 0) is 0 Å². The molecule has 0 bridgehead atoms. The van der Waals surface area contributed by atoms with Crippen LogP contribution in [0, 0.1) is 0 Å². The number of thiol groups is 1. The molecule has 0 aliphatic carbocycles. The lowest BCUT2D eigenvalue weighted by Gasteiger charge is -1.87. The van der Waals surface area contributed by atoms with Crippen LogP contribution in [0.3, 0.4) is 0 Å². The van der Waals surface area contributed by atoms with Gasteiger partial charge in [0, 0.05) is 5.75 Å². The summed E-state index contributed by atoms with van der Waals surface area (Å²) in [5.41, 5.74) is 0. The van der Waals surface area contributed by atoms with Gasteiger partial charge in [-0.05, 0) is 5.75 Å². The summed E-state index contributed by atoms with van der Waals surface area (Å²) in [5, 5.41) is 0.726. The minimum atomic E-state index is 0.726. The Morgan fingerprint density at radius 1 is 1.78 bits per heavy atom. The van der Waals surface area contributed by atoms with Crippen molar-refractivity contribution in [1.29, 1.82) is 0 Å². The van der Waals surface area contributed by atoms with Crippen LogP contribution < -0.4 is 0 Å². The van der Waals surface area contributed by atoms with Gasteiger partial charge < -0.3 is 4.42 Å². The third kappa shape index (κ3) is 2.32. The highest BCUT2D eigenvalue weighted by molar-refractivity contribution is 7.99. The second-order valence-electron chi connectivity index (χ2n) is 1.37. The van der Waals surface area contributed by atoms with Crippen molar-refractivity contribution in [3.8, 4) is 0 Å². The molecule has 0 atom stereocenters. The van der Waals surface area contributed by atoms with Gasteiger partial charge in [-0.15, -0.1) is 0 Å². The lowest BCUT2D eigenvalue weighted by Crippen LogP contribution is -1.77. The Bertz CT molecular complexity index is 152. The number of hydrogen-bond donors (Lipinski definition) is 1. The summed E-state index contributed by atoms with van der Waals surface area (Å²) in [4.78, 5) is 3.92. The minimum absolute atomic E-state index is 0.726. The minimum Gasteiger partial charge on any atom is -0.440 e. The fourth-order valence-corrected chi connectivity index (χ4v) is 1.21. The fourth-order valence-electron chi connectivity index (χ4n) is 0.415. The normalized spacial score (nSPS) is 9.89. The average Bonchev–Trinajstić information content (AvgIpc) is 2.34. The highest BCUT2D eigenvalue weighted by Gasteiger charge is 1.94. The van der Waals surface area contributed by atoms with E-state index in [1.165, 1.54) is 0 Å². The third-order valence-electron chi connectivity index (χ3n) is 0.726. The van der Waals surface area contributed by atoms with Crippen LogP contribution in [-0.4, -0.2) is 16.5 Å². The van der Waals surface area contributed by atoms with Crippen molar-refractivity contribution in [3.05, 3.63) is 12.5 Å². The van der Waals surface area contributed by atoms with Gasteiger partial charge in [0.1, 0.15) is 6.26 Å². The van der Waals surface area contributed by atoms with Gasteiger partial charge in [-0.2, -0.15) is 12.6 Å². The smallest absolute Gasteiger partial charge is 0.255 e. The number of nitrogens with zero attached hydrogens (tertiary/aromatic N) is 1. The van der Waals surface area contributed by atoms with Gasteiger partial charge in [0.2, 0.25) is 0 Å². The molecule has 0 aliphatic heterocycles. The number of rotatable bonds is 3. The first-order chi connectivity index (χ1) is 4.43. The zero-order valence-corrected chi connectivity index (χ0v) is 6.49. The number of hydrogen-bond acceptors (Lipinski definition) is 4. The van der Waals surface area contributed by atoms with Gasteiger partial charge in [0.25, 0.3) is 5.22 Å². The summed E-state index contributed by atoms with van der Waals surface area (Å²) >= 11 is 5.61. The Labute approximate surface area is 63.5 Å². The third-order valence-corrected chi connectivity index (χ3v) is 2.11. The molecule has 9 heavy (non-hydrogen) atoms. The van der Waals surface area contributed by atoms with E-state index >= 15 is 0 Å². The number of oxazole rings is 1. The van der Waals surface area contributed by atoms with Gasteiger partial charge >= 0.3 is 0 Å². The average molecular weight is 161 g/mol. The van der Waals surface area contributed by atoms with E-state index < -0.39 is 0 Å². The summed E-state index contributed by atoms with van der Waals surface area (Å²) in [6.07, 6.45) is 3.21. The molecule has 0 saturated carbocycles. The predicted molar refractivity (Wildman–Crippen MR) is 41.1 cm³/mol. The highest BCUT2D eigenvalue weighted by atomic mass is 32.2. The number of aromatic nitrogens is 1. The van der Waals surface area contributed by atoms with Crippen molar-refractivity contribution in [1.82, 2.24) is 4.98 Å². The maximum atomic E-state index is 4.95. The standard InChI is InChI=1S/C5H7NOS2/c8-3-4-9-5-6-1-2-7-5/h1-2,8H,3-4H2. The lowest BCUT2D eigenvalue weighted by atomic mass is 11.0. The molecule has 50 valence electrons. The molecule has 0 spiro atoms. The molecule has 0 amide bonds. The Morgan fingerprint density at radius 3 is 3.22 bits per heavy atom. The van der Waals surface area contributed by atoms with Gasteiger partial charge in [-0.25, -0.2) is 4.98 Å². The molecule has 1 rings (SSSR count). The Kier molecular flexibility index (Phi) is 3.00. The topological polar surface area (TPSA) is 26.0 Å². The molecular formula is C5H7NOS2. The maximum absolute atomic E-state index is 4.95. The molecule has 4 heteroatoms. The fraction of sp³-hybridized carbons (Fsp3) is 0.400. The van der Waals surface area contributed by atoms with Crippen LogP contribution in [0.1, 0.15) is 0 Å². The van der Waals surface area contributed by atoms with E-state index in [4.69, 9.17) is 4.42 Å². The van der Waals surface area contributed by atoms with Crippen molar-refractivity contribution in [2.75, 3.05) is 11.5 Å². The molecule has 0 unspecified atom stereocenters. The summed E-state index contributed by atoms with van der Waals surface area (Å²) in [5.74, 6) is 1.80. The van der Waals surface area contributed by atoms with Crippen LogP contribution in [0.5, 0.6) is 0 Å². The van der Waals surface area contributed by atoms with E-state index in [1.54, 1.807) is 24.2 Å². The molecular weight excluding hydrogens is 154 g/mol. The molecule has 0 saturated heterocycles. The molecule has 0 radical (unpaired) electrons. The molecule has 0 N–H and O–H groups in total. The SMILES string of the molecule is SCCSc1ncco1. The van der Waals surface area contributed by atoms with Crippen LogP contribution in [0.25, 0.3) is 0 Å². The number of thioether (sulfide) groups is 1. The van der Waals surface area contributed by atoms with E-state index in [9.17, 15) is 0 Å². The summed E-state index contributed by atoms with van der Waals surface area (Å²) in [6.45, 7) is 0. The maximum Gasteiger partial charge on any atom is 0.255 e. The first kappa shape index (κ1) is 7.02. The van der Waals surface area contributed by atoms with E-state index in [2.05, 4.69) is 17.6 Å². The first-order valence-electron chi connectivity index (χ1n) is 2.56. The monoisotopic (exact) mass is 161 g/mol. The largest absolute Gasteiger partial charge is 0.440 e. The van der Waals surface area contributed by atoms with E-state index in [0.717, 1.165) is 16.7 Å². The highest BCUT2D eigenvalue weighted by Crippen LogP contribution is 2.13. The molecule has 0 fully saturated rings. The van der Waals surface area contributed by atoms with Crippen LogP contribution in [0.4, 0.5) is 0 Å². The quantitative estimate of drug-likeness (QED) is 0.539. The Hall–Kier alpha value is -0.0900. The molecule has 1 aromatic heterocycles. The second kappa shape index (κ2) is 3.85. The summed E-state index contributed by atoms with van der Waals surface area (Å²) in [6, 6.07) is 0. The molecule has 2 nitrogen and oxygen atoms in total. The zero-order valence-electron chi connectivity index (χ0n) is 4.78. The first-order valence-corrected chi connectivity index (χ1v) is 4.18. The summed E-state index contributed by atoms with van der Waals surface area (Å²) in [7, 11) is 0. The van der Waals surface area contributed by atoms with Crippen molar-refractivity contribution in [2.45, 2.75) is 5.22 Å². The van der Waals surface area contributed by atoms with Crippen molar-refractivity contribution < 1.29 is 4.42 Å². The van der Waals surface area contributed by atoms with Crippen LogP contribution in [0.15, 0.2) is 22.1 Å². The van der Waals surface area contributed by atoms with Crippen LogP contribution >= 0.6 is 24.4 Å². The summed E-state index contributed by atoms with van der Waals surface area (Å²) < 4.78 is 4.95. The molecule has 1 aromatic rings. The predicted octanol–water partition coefficient (Wildman–Crippen LogP) is 1.70. The van der Waals surface area contributed by atoms with Gasteiger partial charge in [0.05, 0.1) is 6.20 Å². The van der Waals surface area contributed by atoms with E-state index in [0.29, 0.717) is 0 Å². The second-order valence-corrected chi connectivity index (χ2v) is 2.86. The zero-order chi connectivity index (χ0) is 6.53. The van der Waals surface area contributed by atoms with E-state index in [1.807, 2.05) is 0 Å². The van der Waals surface area contributed by atoms with Crippen molar-refractivity contribution >= 4 is 24.4 Å². The van der Waals surface area contributed by atoms with E-state index in [-0.39, 0.29) is 0 Å². The lowest BCUT2D eigenvalue weighted by molar-refractivity contribution is 0.454. The Morgan fingerprint density at radius 2 is 2.67 bits per heavy atom. The van der Waals surface area contributed by atoms with Crippen molar-refractivity contribution in [3.63, 3.8) is 0 Å². The molecule has 0 aromatic carbocycles. The molecule has 0 aliphatic rings. The Balaban J connectivity index is 2.30. The van der Waals surface area contributed by atoms with Gasteiger partial charge in [-0.1, -0.05) is 11.8 Å². The molecule has 1 heterocycles. The van der Waals surface area contributed by atoms with Gasteiger partial charge in [-0.3, -0.25) is 0 Å². The van der Waals surface area contributed by atoms with Crippen molar-refractivity contribution in [2.24, 2.45) is 0 Å². The van der Waals surface area contributed by atoms with Crippen LogP contribution in [0.2, 0.25) is 0 Å².